The number of carbonyl (C=O) groups is 2. The summed E-state index contributed by atoms with van der Waals surface area (Å²) in [6.45, 7) is 5.07. The van der Waals surface area contributed by atoms with Gasteiger partial charge in [-0.3, -0.25) is 4.79 Å². The lowest BCUT2D eigenvalue weighted by Gasteiger charge is -2.22. The molecule has 2 rings (SSSR count). The van der Waals surface area contributed by atoms with Gasteiger partial charge in [0.1, 0.15) is 6.61 Å². The Morgan fingerprint density at radius 2 is 1.95 bits per heavy atom. The summed E-state index contributed by atoms with van der Waals surface area (Å²) in [6.07, 6.45) is 0.221. The van der Waals surface area contributed by atoms with Gasteiger partial charge in [0.2, 0.25) is 0 Å². The Bertz CT molecular complexity index is 502. The number of benzene rings is 1. The zero-order chi connectivity index (χ0) is 15.3. The minimum atomic E-state index is -0.623. The number of likely N-dealkylation sites (tertiary alicyclic amines) is 1. The highest BCUT2D eigenvalue weighted by Gasteiger charge is 2.43. The Morgan fingerprint density at radius 3 is 2.62 bits per heavy atom. The molecule has 5 heteroatoms. The molecule has 0 saturated carbocycles. The second kappa shape index (κ2) is 6.61. The van der Waals surface area contributed by atoms with Gasteiger partial charge in [-0.25, -0.2) is 4.79 Å². The summed E-state index contributed by atoms with van der Waals surface area (Å²) in [5.41, 5.74) is 0.320. The van der Waals surface area contributed by atoms with Gasteiger partial charge in [-0.15, -0.1) is 0 Å². The first kappa shape index (κ1) is 15.4. The maximum absolute atomic E-state index is 12.0. The molecule has 1 aromatic carbocycles. The first-order valence-electron chi connectivity index (χ1n) is 7.18. The molecule has 1 aromatic rings. The van der Waals surface area contributed by atoms with Crippen molar-refractivity contribution in [3.8, 4) is 0 Å². The van der Waals surface area contributed by atoms with E-state index in [1.54, 1.807) is 11.8 Å². The summed E-state index contributed by atoms with van der Waals surface area (Å²) in [4.78, 5) is 25.5. The molecular weight excluding hydrogens is 270 g/mol. The van der Waals surface area contributed by atoms with E-state index in [1.807, 2.05) is 37.3 Å². The molecule has 1 atom stereocenters. The number of ether oxygens (including phenoxy) is 2. The smallest absolute Gasteiger partial charge is 0.410 e. The zero-order valence-electron chi connectivity index (χ0n) is 12.5. The van der Waals surface area contributed by atoms with Crippen molar-refractivity contribution in [3.05, 3.63) is 35.9 Å². The monoisotopic (exact) mass is 291 g/mol. The van der Waals surface area contributed by atoms with Gasteiger partial charge in [0.25, 0.3) is 0 Å². The Morgan fingerprint density at radius 1 is 1.24 bits per heavy atom. The second-order valence-corrected chi connectivity index (χ2v) is 5.49. The predicted octanol–water partition coefficient (Wildman–Crippen LogP) is 2.60. The summed E-state index contributed by atoms with van der Waals surface area (Å²) in [5, 5.41) is 0. The Hall–Kier alpha value is -2.04. The molecule has 1 saturated heterocycles. The van der Waals surface area contributed by atoms with Crippen molar-refractivity contribution in [3.63, 3.8) is 0 Å². The molecule has 0 radical (unpaired) electrons. The van der Waals surface area contributed by atoms with Gasteiger partial charge in [-0.05, 0) is 25.8 Å². The molecule has 0 aromatic heterocycles. The highest BCUT2D eigenvalue weighted by atomic mass is 16.6. The number of carbonyl (C=O) groups excluding carboxylic acids is 2. The molecule has 1 aliphatic rings. The molecule has 21 heavy (non-hydrogen) atoms. The number of nitrogens with zero attached hydrogens (tertiary/aromatic N) is 1. The summed E-state index contributed by atoms with van der Waals surface area (Å²) < 4.78 is 10.3. The Balaban J connectivity index is 1.86. The van der Waals surface area contributed by atoms with E-state index in [2.05, 4.69) is 0 Å². The van der Waals surface area contributed by atoms with Gasteiger partial charge in [0, 0.05) is 13.1 Å². The van der Waals surface area contributed by atoms with Crippen LogP contribution in [-0.2, 0) is 20.9 Å². The fraction of sp³-hybridized carbons (Fsp3) is 0.500. The van der Waals surface area contributed by atoms with Gasteiger partial charge in [0.15, 0.2) is 0 Å². The largest absolute Gasteiger partial charge is 0.466 e. The van der Waals surface area contributed by atoms with Crippen molar-refractivity contribution in [2.45, 2.75) is 26.9 Å². The quantitative estimate of drug-likeness (QED) is 0.800. The standard InChI is InChI=1S/C16H21NO4/c1-3-20-14(18)16(2)9-10-17(12-16)15(19)21-11-13-7-5-4-6-8-13/h4-8H,3,9-12H2,1-2H3. The van der Waals surface area contributed by atoms with Gasteiger partial charge < -0.3 is 14.4 Å². The van der Waals surface area contributed by atoms with Crippen molar-refractivity contribution in [1.29, 1.82) is 0 Å². The van der Waals surface area contributed by atoms with E-state index in [4.69, 9.17) is 9.47 Å². The fourth-order valence-corrected chi connectivity index (χ4v) is 2.40. The normalized spacial score (nSPS) is 21.1. The molecule has 0 spiro atoms. The number of esters is 1. The van der Waals surface area contributed by atoms with Crippen LogP contribution in [0.2, 0.25) is 0 Å². The van der Waals surface area contributed by atoms with E-state index in [0.29, 0.717) is 26.1 Å². The third-order valence-electron chi connectivity index (χ3n) is 3.70. The molecule has 1 aliphatic heterocycles. The average molecular weight is 291 g/mol. The second-order valence-electron chi connectivity index (χ2n) is 5.49. The lowest BCUT2D eigenvalue weighted by Crippen LogP contribution is -2.36. The van der Waals surface area contributed by atoms with Crippen molar-refractivity contribution in [1.82, 2.24) is 4.90 Å². The minimum absolute atomic E-state index is 0.242. The third kappa shape index (κ3) is 3.74. The van der Waals surface area contributed by atoms with Crippen molar-refractivity contribution < 1.29 is 19.1 Å². The van der Waals surface area contributed by atoms with Crippen LogP contribution in [0, 0.1) is 5.41 Å². The van der Waals surface area contributed by atoms with E-state index in [0.717, 1.165) is 5.56 Å². The van der Waals surface area contributed by atoms with Gasteiger partial charge in [0.05, 0.1) is 12.0 Å². The van der Waals surface area contributed by atoms with Crippen LogP contribution in [-0.4, -0.2) is 36.7 Å². The first-order chi connectivity index (χ1) is 10.0. The zero-order valence-corrected chi connectivity index (χ0v) is 12.5. The van der Waals surface area contributed by atoms with E-state index in [-0.39, 0.29) is 18.7 Å². The van der Waals surface area contributed by atoms with Crippen LogP contribution in [0.4, 0.5) is 4.79 Å². The van der Waals surface area contributed by atoms with Crippen molar-refractivity contribution >= 4 is 12.1 Å². The van der Waals surface area contributed by atoms with Gasteiger partial charge in [-0.1, -0.05) is 30.3 Å². The summed E-state index contributed by atoms with van der Waals surface area (Å²) in [6, 6.07) is 9.52. The molecule has 114 valence electrons. The average Bonchev–Trinajstić information content (AvgIpc) is 2.90. The SMILES string of the molecule is CCOC(=O)C1(C)CCN(C(=O)OCc2ccccc2)C1. The number of hydrogen-bond donors (Lipinski definition) is 0. The van der Waals surface area contributed by atoms with Crippen molar-refractivity contribution in [2.24, 2.45) is 5.41 Å². The first-order valence-corrected chi connectivity index (χ1v) is 7.18. The fourth-order valence-electron chi connectivity index (χ4n) is 2.40. The highest BCUT2D eigenvalue weighted by Crippen LogP contribution is 2.31. The molecule has 1 unspecified atom stereocenters. The minimum Gasteiger partial charge on any atom is -0.466 e. The van der Waals surface area contributed by atoms with Gasteiger partial charge >= 0.3 is 12.1 Å². The molecule has 1 amide bonds. The van der Waals surface area contributed by atoms with Crippen LogP contribution in [0.25, 0.3) is 0 Å². The molecular formula is C16H21NO4. The molecule has 0 bridgehead atoms. The van der Waals surface area contributed by atoms with Crippen LogP contribution in [0.15, 0.2) is 30.3 Å². The van der Waals surface area contributed by atoms with E-state index in [9.17, 15) is 9.59 Å². The van der Waals surface area contributed by atoms with E-state index in [1.165, 1.54) is 0 Å². The van der Waals surface area contributed by atoms with Crippen molar-refractivity contribution in [2.75, 3.05) is 19.7 Å². The van der Waals surface area contributed by atoms with Crippen LogP contribution >= 0.6 is 0 Å². The molecule has 0 N–H and O–H groups in total. The lowest BCUT2D eigenvalue weighted by atomic mass is 9.90. The van der Waals surface area contributed by atoms with Gasteiger partial charge in [-0.2, -0.15) is 0 Å². The Kier molecular flexibility index (Phi) is 4.83. The predicted molar refractivity (Wildman–Crippen MR) is 77.6 cm³/mol. The summed E-state index contributed by atoms with van der Waals surface area (Å²) >= 11 is 0. The molecule has 1 heterocycles. The Labute approximate surface area is 124 Å². The van der Waals surface area contributed by atoms with Crippen LogP contribution < -0.4 is 0 Å². The number of hydrogen-bond acceptors (Lipinski definition) is 4. The maximum Gasteiger partial charge on any atom is 0.410 e. The third-order valence-corrected chi connectivity index (χ3v) is 3.70. The number of amides is 1. The lowest BCUT2D eigenvalue weighted by molar-refractivity contribution is -0.153. The molecule has 1 fully saturated rings. The van der Waals surface area contributed by atoms with Crippen LogP contribution in [0.1, 0.15) is 25.8 Å². The topological polar surface area (TPSA) is 55.8 Å². The van der Waals surface area contributed by atoms with Crippen LogP contribution in [0.3, 0.4) is 0 Å². The highest BCUT2D eigenvalue weighted by molar-refractivity contribution is 5.79. The molecule has 0 aliphatic carbocycles. The maximum atomic E-state index is 12.0. The summed E-state index contributed by atoms with van der Waals surface area (Å²) in [5.74, 6) is -0.247. The molecule has 5 nitrogen and oxygen atoms in total. The van der Waals surface area contributed by atoms with E-state index >= 15 is 0 Å². The number of rotatable bonds is 4. The van der Waals surface area contributed by atoms with E-state index < -0.39 is 5.41 Å². The van der Waals surface area contributed by atoms with Crippen LogP contribution in [0.5, 0.6) is 0 Å². The summed E-state index contributed by atoms with van der Waals surface area (Å²) in [7, 11) is 0.